The molecule has 5 aromatic carbocycles. The van der Waals surface area contributed by atoms with Gasteiger partial charge in [0.15, 0.2) is 27.0 Å². The number of ether oxygens (including phenoxy) is 11. The van der Waals surface area contributed by atoms with E-state index in [2.05, 4.69) is 63.8 Å². The van der Waals surface area contributed by atoms with E-state index in [1.807, 2.05) is 153 Å². The van der Waals surface area contributed by atoms with Gasteiger partial charge in [-0.2, -0.15) is 0 Å². The maximum absolute atomic E-state index is 16.1. The van der Waals surface area contributed by atoms with Crippen LogP contribution in [0.2, 0.25) is 18.1 Å². The molecule has 3 aliphatic rings. The van der Waals surface area contributed by atoms with Crippen LogP contribution in [0, 0.1) is 0 Å². The van der Waals surface area contributed by atoms with Crippen LogP contribution in [-0.4, -0.2) is 132 Å². The van der Waals surface area contributed by atoms with Crippen LogP contribution in [-0.2, 0) is 129 Å². The lowest BCUT2D eigenvalue weighted by Crippen LogP contribution is -2.67. The SMILES string of the molecule is CCCCCCCCCCCC(=O)O[C@H](CCCCCCCCCCC)CC(=O)N[C@H]1C(OC[C@H]2O[C@@H](O[Si](C)(C)C(C)(C)C)[C@H](N=[N+]=[N-])[C@@H](OC(=O)C[C@@H](CCCCCCCCCCC)OCc3ccccc3)[C@@H]2OCc2ccccc2)O[C@H](COCc2ccccc2)[C@@H](OP2(=O)OCc3ccccc3CO2)[C@@H]1OC(=O)C[C@@H](CCCCCCCCCCC)OCc1ccc(OC)cc1. The van der Waals surface area contributed by atoms with Crippen LogP contribution in [0.4, 0.5) is 0 Å². The molecule has 3 aliphatic heterocycles. The Labute approximate surface area is 811 Å². The summed E-state index contributed by atoms with van der Waals surface area (Å²) in [5.74, 6) is -1.76. The molecule has 135 heavy (non-hydrogen) atoms. The molecule has 0 radical (unpaired) electrons. The van der Waals surface area contributed by atoms with E-state index >= 15 is 18.9 Å². The first-order valence-corrected chi connectivity index (χ1v) is 56.3. The molecule has 0 aromatic heterocycles. The third-order valence-electron chi connectivity index (χ3n) is 26.6. The third-order valence-corrected chi connectivity index (χ3v) is 32.4. The summed E-state index contributed by atoms with van der Waals surface area (Å²) in [4.78, 5) is 65.4. The van der Waals surface area contributed by atoms with Gasteiger partial charge in [-0.25, -0.2) is 4.57 Å². The van der Waals surface area contributed by atoms with Crippen LogP contribution in [0.25, 0.3) is 10.4 Å². The van der Waals surface area contributed by atoms with Crippen molar-refractivity contribution >= 4 is 40.0 Å². The molecule has 1 amide bonds. The Morgan fingerprint density at radius 2 is 0.867 bits per heavy atom. The Balaban J connectivity index is 1.25. The second-order valence-electron chi connectivity index (χ2n) is 38.9. The lowest BCUT2D eigenvalue weighted by atomic mass is 9.95. The number of phosphoric ester groups is 1. The predicted octanol–water partition coefficient (Wildman–Crippen LogP) is 27.4. The van der Waals surface area contributed by atoms with E-state index in [4.69, 9.17) is 70.1 Å². The fourth-order valence-electron chi connectivity index (χ4n) is 17.4. The number of carbonyl (C=O) groups excluding carboxylic acids is 4. The lowest BCUT2D eigenvalue weighted by Gasteiger charge is -2.49. The molecule has 1 unspecified atom stereocenters. The monoisotopic (exact) mass is 1910 g/mol. The Morgan fingerprint density at radius 3 is 1.33 bits per heavy atom. The van der Waals surface area contributed by atoms with Gasteiger partial charge in [0.2, 0.25) is 5.91 Å². The number of nitrogens with zero attached hydrogens (tertiary/aromatic N) is 3. The van der Waals surface area contributed by atoms with E-state index in [1.165, 1.54) is 103 Å². The molecule has 0 saturated carbocycles. The molecule has 8 rings (SSSR count). The quantitative estimate of drug-likeness (QED) is 0.00553. The number of methoxy groups -OCH3 is 1. The summed E-state index contributed by atoms with van der Waals surface area (Å²) >= 11 is 0. The Kier molecular flexibility index (Phi) is 55.4. The zero-order valence-corrected chi connectivity index (χ0v) is 85.7. The highest BCUT2D eigenvalue weighted by Gasteiger charge is 2.57. The average molecular weight is 1910 g/mol. The molecule has 1 N–H and O–H groups in total. The summed E-state index contributed by atoms with van der Waals surface area (Å²) < 4.78 is 118. The molecule has 5 aromatic rings. The molecule has 754 valence electrons. The zero-order chi connectivity index (χ0) is 96.4. The van der Waals surface area contributed by atoms with Crippen molar-refractivity contribution in [3.63, 3.8) is 0 Å². The minimum absolute atomic E-state index is 0.0470. The molecular weight excluding hydrogens is 1740 g/mol. The second-order valence-corrected chi connectivity index (χ2v) is 45.3. The number of unbranched alkanes of at least 4 members (excludes halogenated alkanes) is 32. The van der Waals surface area contributed by atoms with Gasteiger partial charge in [0, 0.05) is 11.3 Å². The molecule has 3 heterocycles. The standard InChI is InChI=1S/C109H169N4O20PSi/c1-11-15-19-23-27-31-35-39-52-66-92(121-78-86-60-48-44-49-61-86)76-100(117)131-106-102(112-113-110)108(133-135(9,10)109(5,6)7)129-96(103(106)123-80-87-62-50-45-51-63-87)84-124-107-101(111-97(114)74-94(68-54-41-37-33-29-25-21-17-13-3)127-98(115)69-55-42-38-34-30-26-22-18-14-4)105(130-99(116)75-93(67-53-40-36-32-28-24-20-16-12-2)122-79-88-70-72-91(119-8)73-71-88)104(95(128-107)83-120-77-85-58-46-43-47-59-85)132-134(118)125-81-89-64-56-57-65-90(89)82-126-134/h43-51,56-65,70-73,92-96,101-108H,11-42,52-55,66-69,74-84H2,1-10H3,(H,111,114)/t92-,93-,94-,95-,96-,101-,102-,103-,104-,105-,106-,107?,108+/m1/s1. The number of benzene rings is 5. The first kappa shape index (κ1) is 113. The van der Waals surface area contributed by atoms with Crippen LogP contribution in [0.15, 0.2) is 145 Å². The van der Waals surface area contributed by atoms with Crippen LogP contribution < -0.4 is 10.1 Å². The second kappa shape index (κ2) is 65.9. The summed E-state index contributed by atoms with van der Waals surface area (Å²) in [6, 6.07) is 40.8. The number of carbonyl (C=O) groups is 4. The molecule has 24 nitrogen and oxygen atoms in total. The van der Waals surface area contributed by atoms with Gasteiger partial charge in [-0.1, -0.05) is 399 Å². The Hall–Kier alpha value is -6.90. The fourth-order valence-corrected chi connectivity index (χ4v) is 19.9. The van der Waals surface area contributed by atoms with Crippen molar-refractivity contribution in [2.45, 2.75) is 462 Å². The highest BCUT2D eigenvalue weighted by atomic mass is 31.2. The van der Waals surface area contributed by atoms with Crippen molar-refractivity contribution in [1.29, 1.82) is 0 Å². The van der Waals surface area contributed by atoms with E-state index < -0.39 is 131 Å². The van der Waals surface area contributed by atoms with Gasteiger partial charge in [0.1, 0.15) is 54.5 Å². The summed E-state index contributed by atoms with van der Waals surface area (Å²) in [6.07, 6.45) is 25.3. The van der Waals surface area contributed by atoms with Crippen LogP contribution in [0.5, 0.6) is 5.75 Å². The normalized spacial score (nSPS) is 20.2. The molecule has 0 spiro atoms. The number of phosphoric acid groups is 1. The topological polar surface area (TPSA) is 285 Å². The number of hydrogen-bond acceptors (Lipinski definition) is 21. The van der Waals surface area contributed by atoms with Crippen LogP contribution in [0.3, 0.4) is 0 Å². The fraction of sp³-hybridized carbons (Fsp3) is 0.688. The summed E-state index contributed by atoms with van der Waals surface area (Å²) in [5.41, 5.74) is 15.6. The molecule has 26 heteroatoms. The van der Waals surface area contributed by atoms with Crippen molar-refractivity contribution in [3.05, 3.63) is 183 Å². The molecule has 2 saturated heterocycles. The highest BCUT2D eigenvalue weighted by molar-refractivity contribution is 7.48. The van der Waals surface area contributed by atoms with Crippen molar-refractivity contribution in [1.82, 2.24) is 5.32 Å². The van der Waals surface area contributed by atoms with Crippen molar-refractivity contribution in [3.8, 4) is 5.75 Å². The molecule has 13 atom stereocenters. The van der Waals surface area contributed by atoms with Gasteiger partial charge in [-0.3, -0.25) is 32.7 Å². The number of rotatable bonds is 72. The minimum Gasteiger partial charge on any atom is -0.497 e. The van der Waals surface area contributed by atoms with Crippen molar-refractivity contribution in [2.75, 3.05) is 20.3 Å². The summed E-state index contributed by atoms with van der Waals surface area (Å²) in [6.45, 7) is 18.4. The molecule has 2 fully saturated rings. The van der Waals surface area contributed by atoms with Gasteiger partial charge in [0.25, 0.3) is 0 Å². The van der Waals surface area contributed by atoms with Gasteiger partial charge in [-0.05, 0) is 101 Å². The van der Waals surface area contributed by atoms with E-state index in [9.17, 15) is 10.3 Å². The number of fused-ring (bicyclic) bond motifs is 1. The number of azide groups is 1. The maximum atomic E-state index is 16.1. The summed E-state index contributed by atoms with van der Waals surface area (Å²) in [5, 5.41) is 7.23. The molecule has 0 aliphatic carbocycles. The first-order valence-electron chi connectivity index (χ1n) is 52.0. The summed E-state index contributed by atoms with van der Waals surface area (Å²) in [7, 11) is -6.15. The van der Waals surface area contributed by atoms with Crippen LogP contribution in [0.1, 0.15) is 358 Å². The smallest absolute Gasteiger partial charge is 0.475 e. The van der Waals surface area contributed by atoms with Gasteiger partial charge in [-0.15, -0.1) is 0 Å². The van der Waals surface area contributed by atoms with E-state index in [0.29, 0.717) is 49.0 Å². The zero-order valence-electron chi connectivity index (χ0n) is 83.8. The number of nitrogens with one attached hydrogen (secondary N) is 1. The largest absolute Gasteiger partial charge is 0.497 e. The van der Waals surface area contributed by atoms with E-state index in [-0.39, 0.29) is 71.9 Å². The Morgan fingerprint density at radius 1 is 0.459 bits per heavy atom. The van der Waals surface area contributed by atoms with Crippen molar-refractivity contribution < 1.29 is 93.8 Å². The number of esters is 3. The molecule has 0 bridgehead atoms. The van der Waals surface area contributed by atoms with Gasteiger partial charge < -0.3 is 61.8 Å². The average Bonchev–Trinajstić information content (AvgIpc) is 1.60. The highest BCUT2D eigenvalue weighted by Crippen LogP contribution is 2.56. The predicted molar refractivity (Wildman–Crippen MR) is 533 cm³/mol. The maximum Gasteiger partial charge on any atom is 0.475 e. The third kappa shape index (κ3) is 44.2. The molecular formula is C109H169N4O20PSi. The number of hydrogen-bond donors (Lipinski definition) is 1. The van der Waals surface area contributed by atoms with Gasteiger partial charge in [0.05, 0.1) is 91.4 Å². The first-order chi connectivity index (χ1) is 65.6. The van der Waals surface area contributed by atoms with Crippen LogP contribution >= 0.6 is 7.82 Å². The van der Waals surface area contributed by atoms with Crippen molar-refractivity contribution in [2.24, 2.45) is 5.11 Å². The minimum atomic E-state index is -4.79. The Bertz CT molecular complexity index is 4080. The van der Waals surface area contributed by atoms with E-state index in [0.717, 1.165) is 138 Å². The lowest BCUT2D eigenvalue weighted by molar-refractivity contribution is -0.301. The van der Waals surface area contributed by atoms with Gasteiger partial charge >= 0.3 is 25.7 Å². The van der Waals surface area contributed by atoms with E-state index in [1.54, 1.807) is 7.11 Å². The number of amides is 1.